The fourth-order valence-electron chi connectivity index (χ4n) is 12.8. The molecule has 5 N–H and O–H groups in total. The van der Waals surface area contributed by atoms with Gasteiger partial charge >= 0.3 is 0 Å². The molecule has 5 aliphatic rings. The molecule has 1 aliphatic carbocycles. The van der Waals surface area contributed by atoms with Gasteiger partial charge in [0.2, 0.25) is 17.7 Å². The van der Waals surface area contributed by atoms with E-state index in [1.165, 1.54) is 4.90 Å². The van der Waals surface area contributed by atoms with Gasteiger partial charge < -0.3 is 54.9 Å². The molecule has 2 amide bonds. The summed E-state index contributed by atoms with van der Waals surface area (Å²) in [5.74, 6) is 1.62. The number of nitrogens with zero attached hydrogens (tertiary/aromatic N) is 9. The number of aromatic nitrogens is 5. The van der Waals surface area contributed by atoms with Crippen LogP contribution in [0.4, 0.5) is 17.2 Å². The number of aliphatic hydroxyl groups excluding tert-OH is 1. The number of ether oxygens (including phenoxy) is 2. The van der Waals surface area contributed by atoms with Gasteiger partial charge in [-0.1, -0.05) is 50.2 Å². The molecule has 11 rings (SSSR count). The van der Waals surface area contributed by atoms with E-state index in [4.69, 9.17) is 19.7 Å². The quantitative estimate of drug-likeness (QED) is 0.0634. The minimum atomic E-state index is -0.821. The molecule has 19 heteroatoms. The number of hydrogen-bond acceptors (Lipinski definition) is 17. The number of phenolic OH excluding ortho intramolecular Hbond substituents is 1. The van der Waals surface area contributed by atoms with Crippen molar-refractivity contribution in [3.05, 3.63) is 102 Å². The molecule has 1 unspecified atom stereocenters. The third-order valence-corrected chi connectivity index (χ3v) is 18.1. The normalized spacial score (nSPS) is 25.0. The second-order valence-electron chi connectivity index (χ2n) is 22.8. The van der Waals surface area contributed by atoms with Gasteiger partial charge in [0.05, 0.1) is 46.2 Å². The Morgan fingerprint density at radius 3 is 2.42 bits per heavy atom. The van der Waals surface area contributed by atoms with E-state index in [1.54, 1.807) is 29.5 Å². The van der Waals surface area contributed by atoms with Crippen molar-refractivity contribution in [1.82, 2.24) is 40.4 Å². The highest BCUT2D eigenvalue weighted by Gasteiger charge is 2.45. The summed E-state index contributed by atoms with van der Waals surface area (Å²) in [6.07, 6.45) is 8.65. The number of benzene rings is 2. The lowest BCUT2D eigenvalue weighted by Crippen LogP contribution is -2.54. The fourth-order valence-corrected chi connectivity index (χ4v) is 13.6. The number of β-amino-alcohol motifs (C(OH)–C–C–N with tert-alkyl or cyclic N) is 1. The van der Waals surface area contributed by atoms with Crippen LogP contribution in [0.25, 0.3) is 21.7 Å². The van der Waals surface area contributed by atoms with Crippen LogP contribution in [0.3, 0.4) is 0 Å². The minimum absolute atomic E-state index is 0.0623. The first-order chi connectivity index (χ1) is 37.7. The smallest absolute Gasteiger partial charge is 0.254 e. The fraction of sp³-hybridized carbons (Fsp3) is 0.508. The number of phenols is 1. The van der Waals surface area contributed by atoms with Crippen LogP contribution in [-0.2, 0) is 9.59 Å². The number of thiazole rings is 1. The molecule has 5 fully saturated rings. The third-order valence-electron chi connectivity index (χ3n) is 17.1. The molecule has 2 aromatic carbocycles. The maximum Gasteiger partial charge on any atom is 0.254 e. The summed E-state index contributed by atoms with van der Waals surface area (Å²) in [4.78, 5) is 47.2. The highest BCUT2D eigenvalue weighted by Crippen LogP contribution is 2.41. The Labute approximate surface area is 460 Å². The molecule has 412 valence electrons. The van der Waals surface area contributed by atoms with Crippen molar-refractivity contribution in [2.75, 3.05) is 54.9 Å². The van der Waals surface area contributed by atoms with Gasteiger partial charge in [-0.15, -0.1) is 21.5 Å². The summed E-state index contributed by atoms with van der Waals surface area (Å²) in [6.45, 7) is 14.4. The molecule has 4 saturated heterocycles. The largest absolute Gasteiger partial charge is 0.507 e. The zero-order valence-electron chi connectivity index (χ0n) is 45.3. The number of piperazine rings is 1. The monoisotopic (exact) mass is 1080 g/mol. The number of carbonyl (C=O) groups excluding carboxylic acids is 2. The highest BCUT2D eigenvalue weighted by molar-refractivity contribution is 7.13. The minimum Gasteiger partial charge on any atom is -0.507 e. The number of nitrogen functional groups attached to an aromatic ring is 1. The second kappa shape index (κ2) is 22.9. The molecule has 4 aliphatic heterocycles. The molecule has 2 bridgehead atoms. The Morgan fingerprint density at radius 2 is 1.69 bits per heavy atom. The Bertz CT molecular complexity index is 3040. The Morgan fingerprint density at radius 1 is 0.910 bits per heavy atom. The molecule has 8 heterocycles. The maximum absolute atomic E-state index is 14.3. The first-order valence-electron chi connectivity index (χ1n) is 27.9. The van der Waals surface area contributed by atoms with Crippen LogP contribution in [0, 0.1) is 24.7 Å². The van der Waals surface area contributed by atoms with E-state index in [9.17, 15) is 19.8 Å². The summed E-state index contributed by atoms with van der Waals surface area (Å²) in [5, 5.41) is 37.1. The van der Waals surface area contributed by atoms with E-state index in [2.05, 4.69) is 64.4 Å². The maximum atomic E-state index is 14.3. The van der Waals surface area contributed by atoms with Crippen LogP contribution < -0.4 is 30.3 Å². The molecular weight excluding hydrogens is 1010 g/mol. The molecule has 78 heavy (non-hydrogen) atoms. The lowest BCUT2D eigenvalue weighted by atomic mass is 9.80. The summed E-state index contributed by atoms with van der Waals surface area (Å²) in [7, 11) is 0. The number of aromatic hydroxyl groups is 1. The Balaban J connectivity index is 0.610. The van der Waals surface area contributed by atoms with Crippen LogP contribution in [0.1, 0.15) is 108 Å². The van der Waals surface area contributed by atoms with Crippen molar-refractivity contribution in [3.8, 4) is 39.2 Å². The number of amides is 2. The average Bonchev–Trinajstić information content (AvgIpc) is 4.34. The average molecular weight is 1080 g/mol. The Hall–Kier alpha value is -6.83. The predicted molar refractivity (Wildman–Crippen MR) is 299 cm³/mol. The van der Waals surface area contributed by atoms with Crippen LogP contribution in [0.5, 0.6) is 17.5 Å². The van der Waals surface area contributed by atoms with Crippen LogP contribution in [-0.4, -0.2) is 133 Å². The molecule has 1 saturated carbocycles. The molecular formula is C59H73N11O7S. The van der Waals surface area contributed by atoms with E-state index in [1.807, 2.05) is 81.9 Å². The Kier molecular flexibility index (Phi) is 15.6. The summed E-state index contributed by atoms with van der Waals surface area (Å²) < 4.78 is 18.4. The molecule has 6 aromatic rings. The number of likely N-dealkylation sites (tertiary alicyclic amines) is 2. The number of pyridine rings is 1. The van der Waals surface area contributed by atoms with Crippen molar-refractivity contribution < 1.29 is 33.8 Å². The van der Waals surface area contributed by atoms with Gasteiger partial charge in [-0.05, 0) is 131 Å². The molecule has 0 spiro atoms. The number of aryl methyl sites for hydroxylation is 1. The van der Waals surface area contributed by atoms with E-state index >= 15 is 0 Å². The molecule has 18 nitrogen and oxygen atoms in total. The van der Waals surface area contributed by atoms with E-state index in [0.29, 0.717) is 71.2 Å². The number of piperidine rings is 1. The van der Waals surface area contributed by atoms with Gasteiger partial charge in [-0.25, -0.2) is 9.97 Å². The van der Waals surface area contributed by atoms with Gasteiger partial charge in [0.15, 0.2) is 11.6 Å². The van der Waals surface area contributed by atoms with Crippen molar-refractivity contribution in [1.29, 1.82) is 0 Å². The summed E-state index contributed by atoms with van der Waals surface area (Å²) in [5.41, 5.74) is 14.5. The standard InChI is InChI=1S/C59H73N11O7S/c1-34(2)55(59(74)69-32-45(71)26-50(69)58(73)63-36(4)40-10-12-41(13-11-40)56-37(5)62-33-78-56)52-28-54(66-77-52)75-21-18-38-17-20-67(35(3)22-38)29-39-23-46(24-39)76-53-25-42(16-19-61-53)70-43-14-15-44(70)31-68(30-43)49-27-48(64-65-57(49)60)47-8-6-7-9-51(47)72/h6-13,16,19,25,27-28,33-36,38-39,43-46,50,55,71-72H,14-15,17-18,20-24,26,29-32H2,1-5H3,(H2,60,65)(H,63,73)/t35-,36+,38+,39?,43-,44?,45-,46?,50+,55+/m1/s1. The number of anilines is 3. The molecule has 4 aromatic heterocycles. The van der Waals surface area contributed by atoms with Crippen LogP contribution >= 0.6 is 11.3 Å². The first-order valence-corrected chi connectivity index (χ1v) is 28.8. The van der Waals surface area contributed by atoms with Crippen molar-refractivity contribution >= 4 is 40.3 Å². The zero-order chi connectivity index (χ0) is 54.2. The number of carbonyl (C=O) groups is 2. The highest BCUT2D eigenvalue weighted by atomic mass is 32.1. The zero-order valence-corrected chi connectivity index (χ0v) is 46.1. The van der Waals surface area contributed by atoms with Crippen LogP contribution in [0.2, 0.25) is 0 Å². The predicted octanol–water partition coefficient (Wildman–Crippen LogP) is 8.41. The number of nitrogens with two attached hydrogens (primary N) is 1. The summed E-state index contributed by atoms with van der Waals surface area (Å²) >= 11 is 1.60. The lowest BCUT2D eigenvalue weighted by molar-refractivity contribution is -0.141. The molecule has 0 radical (unpaired) electrons. The van der Waals surface area contributed by atoms with Crippen LogP contribution in [0.15, 0.2) is 89.0 Å². The lowest BCUT2D eigenvalue weighted by Gasteiger charge is -2.44. The van der Waals surface area contributed by atoms with Gasteiger partial charge in [-0.2, -0.15) is 0 Å². The second-order valence-corrected chi connectivity index (χ2v) is 23.7. The van der Waals surface area contributed by atoms with Crippen molar-refractivity contribution in [2.45, 2.75) is 134 Å². The van der Waals surface area contributed by atoms with Gasteiger partial charge in [0, 0.05) is 80.3 Å². The van der Waals surface area contributed by atoms with E-state index in [-0.39, 0.29) is 48.6 Å². The van der Waals surface area contributed by atoms with Gasteiger partial charge in [-0.3, -0.25) is 9.59 Å². The SMILES string of the molecule is Cc1ncsc1-c1ccc([C@H](C)NC(=O)[C@@H]2C[C@@H](O)CN2C(=O)[C@H](c2cc(OCC[C@@H]3CCN(CC4CC(Oc5cc(N6C7CC[C@@H]6CN(c6cc(-c8ccccc8O)nnc6N)C7)ccn5)C4)[C@H](C)C3)no2)C(C)C)cc1. The topological polar surface area (TPSA) is 222 Å². The van der Waals surface area contributed by atoms with E-state index in [0.717, 1.165) is 104 Å². The molecule has 8 atom stereocenters. The third kappa shape index (κ3) is 11.4. The number of fused-ring (bicyclic) bond motifs is 2. The number of nitrogens with one attached hydrogen (secondary N) is 1. The first kappa shape index (κ1) is 53.2. The number of hydrogen-bond donors (Lipinski definition) is 4. The summed E-state index contributed by atoms with van der Waals surface area (Å²) in [6, 6.07) is 23.0. The number of rotatable bonds is 18. The number of para-hydroxylation sites is 1. The van der Waals surface area contributed by atoms with Crippen molar-refractivity contribution in [3.63, 3.8) is 0 Å². The van der Waals surface area contributed by atoms with Gasteiger partial charge in [0.1, 0.15) is 23.8 Å². The van der Waals surface area contributed by atoms with Crippen molar-refractivity contribution in [2.24, 2.45) is 17.8 Å². The van der Waals surface area contributed by atoms with Gasteiger partial charge in [0.25, 0.3) is 5.88 Å². The number of aliphatic hydroxyl groups is 1. The van der Waals surface area contributed by atoms with E-state index < -0.39 is 18.1 Å².